The molecule has 3 rings (SSSR count). The van der Waals surface area contributed by atoms with E-state index in [0.717, 1.165) is 12.1 Å². The van der Waals surface area contributed by atoms with E-state index in [1.54, 1.807) is 16.6 Å². The molecule has 3 aromatic rings. The molecule has 2 heterocycles. The van der Waals surface area contributed by atoms with Gasteiger partial charge in [-0.05, 0) is 42.3 Å². The highest BCUT2D eigenvalue weighted by Gasteiger charge is 2.34. The number of pyridine rings is 1. The molecule has 0 spiro atoms. The van der Waals surface area contributed by atoms with Crippen LogP contribution in [0.2, 0.25) is 0 Å². The van der Waals surface area contributed by atoms with Gasteiger partial charge < -0.3 is 5.32 Å². The van der Waals surface area contributed by atoms with E-state index in [9.17, 15) is 17.6 Å². The van der Waals surface area contributed by atoms with Crippen molar-refractivity contribution in [2.24, 2.45) is 0 Å². The zero-order valence-electron chi connectivity index (χ0n) is 12.6. The van der Waals surface area contributed by atoms with Crippen LogP contribution in [0.5, 0.6) is 0 Å². The zero-order valence-corrected chi connectivity index (χ0v) is 12.6. The van der Waals surface area contributed by atoms with Gasteiger partial charge in [-0.25, -0.2) is 9.37 Å². The first-order valence-electron chi connectivity index (χ1n) is 7.23. The third-order valence-electron chi connectivity index (χ3n) is 3.67. The summed E-state index contributed by atoms with van der Waals surface area (Å²) in [5, 5.41) is 7.20. The summed E-state index contributed by atoms with van der Waals surface area (Å²) in [4.78, 5) is 4.03. The Morgan fingerprint density at radius 2 is 2.08 bits per heavy atom. The minimum absolute atomic E-state index is 0.384. The first kappa shape index (κ1) is 16.2. The van der Waals surface area contributed by atoms with Crippen molar-refractivity contribution < 1.29 is 17.6 Å². The number of halogens is 4. The van der Waals surface area contributed by atoms with Crippen LogP contribution in [0.3, 0.4) is 0 Å². The van der Waals surface area contributed by atoms with Gasteiger partial charge in [-0.15, -0.1) is 0 Å². The number of aromatic nitrogens is 3. The molecule has 24 heavy (non-hydrogen) atoms. The van der Waals surface area contributed by atoms with Crippen LogP contribution in [0.1, 0.15) is 30.5 Å². The fraction of sp³-hybridized carbons (Fsp3) is 0.250. The Kier molecular flexibility index (Phi) is 4.13. The summed E-state index contributed by atoms with van der Waals surface area (Å²) in [5.41, 5.74) is -0.276. The van der Waals surface area contributed by atoms with Crippen LogP contribution < -0.4 is 5.32 Å². The smallest absolute Gasteiger partial charge is 0.363 e. The number of hydrogen-bond donors (Lipinski definition) is 1. The van der Waals surface area contributed by atoms with Gasteiger partial charge in [-0.2, -0.15) is 22.8 Å². The molecule has 1 atom stereocenters. The van der Waals surface area contributed by atoms with Crippen molar-refractivity contribution in [3.8, 4) is 0 Å². The number of nitrogens with zero attached hydrogens (tertiary/aromatic N) is 3. The molecule has 0 aliphatic heterocycles. The van der Waals surface area contributed by atoms with Crippen molar-refractivity contribution in [2.45, 2.75) is 25.6 Å². The van der Waals surface area contributed by atoms with Gasteiger partial charge in [-0.3, -0.25) is 0 Å². The second-order valence-electron chi connectivity index (χ2n) is 5.21. The molecule has 0 aliphatic carbocycles. The molecule has 0 amide bonds. The molecule has 0 saturated heterocycles. The van der Waals surface area contributed by atoms with Crippen LogP contribution in [0.4, 0.5) is 23.4 Å². The normalized spacial score (nSPS) is 13.2. The summed E-state index contributed by atoms with van der Waals surface area (Å²) in [6.45, 7) is 1.85. The van der Waals surface area contributed by atoms with E-state index in [-0.39, 0.29) is 6.04 Å². The number of fused-ring (bicyclic) bond motifs is 1. The fourth-order valence-electron chi connectivity index (χ4n) is 2.47. The third-order valence-corrected chi connectivity index (χ3v) is 3.67. The number of rotatable bonds is 4. The van der Waals surface area contributed by atoms with Crippen molar-refractivity contribution in [3.05, 3.63) is 59.7 Å². The largest absolute Gasteiger partial charge is 0.419 e. The van der Waals surface area contributed by atoms with E-state index in [0.29, 0.717) is 23.4 Å². The monoisotopic (exact) mass is 337 g/mol. The van der Waals surface area contributed by atoms with Crippen LogP contribution in [0.15, 0.2) is 36.7 Å². The summed E-state index contributed by atoms with van der Waals surface area (Å²) < 4.78 is 53.4. The minimum atomic E-state index is -4.71. The minimum Gasteiger partial charge on any atom is -0.363 e. The second-order valence-corrected chi connectivity index (χ2v) is 5.21. The van der Waals surface area contributed by atoms with Gasteiger partial charge in [0.15, 0.2) is 5.65 Å². The van der Waals surface area contributed by atoms with Crippen LogP contribution in [-0.4, -0.2) is 14.6 Å². The highest BCUT2D eigenvalue weighted by molar-refractivity contribution is 5.49. The molecule has 0 fully saturated rings. The van der Waals surface area contributed by atoms with Crippen LogP contribution >= 0.6 is 0 Å². The summed E-state index contributed by atoms with van der Waals surface area (Å²) in [5.74, 6) is -0.720. The lowest BCUT2D eigenvalue weighted by Crippen LogP contribution is -2.14. The van der Waals surface area contributed by atoms with E-state index >= 15 is 0 Å². The Morgan fingerprint density at radius 1 is 1.29 bits per heavy atom. The maximum Gasteiger partial charge on any atom is 0.419 e. The van der Waals surface area contributed by atoms with E-state index in [1.165, 1.54) is 12.4 Å². The van der Waals surface area contributed by atoms with Gasteiger partial charge in [0, 0.05) is 0 Å². The highest BCUT2D eigenvalue weighted by atomic mass is 19.4. The molecule has 2 aromatic heterocycles. The first-order valence-corrected chi connectivity index (χ1v) is 7.23. The molecule has 1 aromatic carbocycles. The Labute approximate surface area is 135 Å². The zero-order chi connectivity index (χ0) is 17.3. The quantitative estimate of drug-likeness (QED) is 0.724. The van der Waals surface area contributed by atoms with Gasteiger partial charge in [0.25, 0.3) is 0 Å². The third kappa shape index (κ3) is 3.04. The number of hydrogen-bond acceptors (Lipinski definition) is 3. The average molecular weight is 337 g/mol. The van der Waals surface area contributed by atoms with E-state index in [4.69, 9.17) is 0 Å². The molecular formula is C16H13F4N4. The van der Waals surface area contributed by atoms with E-state index in [1.807, 2.05) is 6.92 Å². The number of alkyl halides is 3. The molecule has 0 saturated carbocycles. The average Bonchev–Trinajstić information content (AvgIpc) is 3.00. The van der Waals surface area contributed by atoms with Crippen molar-refractivity contribution in [1.29, 1.82) is 0 Å². The molecule has 1 radical (unpaired) electrons. The van der Waals surface area contributed by atoms with E-state index < -0.39 is 17.6 Å². The Hall–Kier alpha value is -2.64. The van der Waals surface area contributed by atoms with Crippen molar-refractivity contribution in [1.82, 2.24) is 14.6 Å². The molecule has 0 aliphatic rings. The Morgan fingerprint density at radius 3 is 2.75 bits per heavy atom. The topological polar surface area (TPSA) is 42.2 Å². The summed E-state index contributed by atoms with van der Waals surface area (Å²) in [6.07, 6.45) is -2.79. The van der Waals surface area contributed by atoms with Gasteiger partial charge in [-0.1, -0.05) is 13.0 Å². The number of nitrogens with one attached hydrogen (secondary N) is 1. The highest BCUT2D eigenvalue weighted by Crippen LogP contribution is 2.33. The molecule has 8 heteroatoms. The molecular weight excluding hydrogens is 324 g/mol. The molecule has 0 unspecified atom stereocenters. The van der Waals surface area contributed by atoms with Gasteiger partial charge in [0.1, 0.15) is 18.0 Å². The van der Waals surface area contributed by atoms with Crippen molar-refractivity contribution >= 4 is 11.5 Å². The Bertz CT molecular complexity index is 857. The second kappa shape index (κ2) is 6.10. The maximum absolute atomic E-state index is 13.8. The number of anilines is 1. The summed E-state index contributed by atoms with van der Waals surface area (Å²) in [7, 11) is 0. The van der Waals surface area contributed by atoms with Gasteiger partial charge >= 0.3 is 6.18 Å². The van der Waals surface area contributed by atoms with Crippen LogP contribution in [0.25, 0.3) is 5.65 Å². The van der Waals surface area contributed by atoms with Crippen LogP contribution in [0, 0.1) is 11.9 Å². The molecule has 125 valence electrons. The van der Waals surface area contributed by atoms with Crippen LogP contribution in [-0.2, 0) is 6.18 Å². The standard InChI is InChI=1S/C16H13F4N4/c1-2-13(10-6-7-11(12(17)8-10)16(18,19)20)23-15-5-3-4-14-21-9-22-24(14)15/h4-9,13,23H,2H2,1H3/t13-/m1/s1. The van der Waals surface area contributed by atoms with Crippen molar-refractivity contribution in [3.63, 3.8) is 0 Å². The van der Waals surface area contributed by atoms with Gasteiger partial charge in [0.05, 0.1) is 11.6 Å². The van der Waals surface area contributed by atoms with Gasteiger partial charge in [0.2, 0.25) is 0 Å². The summed E-state index contributed by atoms with van der Waals surface area (Å²) >= 11 is 0. The van der Waals surface area contributed by atoms with E-state index in [2.05, 4.69) is 21.5 Å². The maximum atomic E-state index is 13.8. The molecule has 4 nitrogen and oxygen atoms in total. The fourth-order valence-corrected chi connectivity index (χ4v) is 2.47. The lowest BCUT2D eigenvalue weighted by molar-refractivity contribution is -0.140. The lowest BCUT2D eigenvalue weighted by atomic mass is 10.0. The predicted octanol–water partition coefficient (Wildman–Crippen LogP) is 4.25. The van der Waals surface area contributed by atoms with Crippen molar-refractivity contribution in [2.75, 3.05) is 5.32 Å². The first-order chi connectivity index (χ1) is 11.4. The number of benzene rings is 1. The molecule has 1 N–H and O–H groups in total. The molecule has 0 bridgehead atoms. The SMILES string of the molecule is CC[C@@H](Nc1c[c]cc2ncnn12)c1ccc(C(F)(F)F)c(F)c1. The predicted molar refractivity (Wildman–Crippen MR) is 79.9 cm³/mol. The Balaban J connectivity index is 1.92. The lowest BCUT2D eigenvalue weighted by Gasteiger charge is -2.20. The summed E-state index contributed by atoms with van der Waals surface area (Å²) in [6, 6.07) is 8.76.